The van der Waals surface area contributed by atoms with Gasteiger partial charge in [-0.1, -0.05) is 61.5 Å². The van der Waals surface area contributed by atoms with Crippen molar-refractivity contribution in [3.8, 4) is 0 Å². The van der Waals surface area contributed by atoms with Crippen LogP contribution in [0.3, 0.4) is 0 Å². The van der Waals surface area contributed by atoms with E-state index in [-0.39, 0.29) is 11.8 Å². The SMILES string of the molecule is CCc1ccc(C(=O)/C=C/N[C@@H](C)c2ccccc2)cc1. The van der Waals surface area contributed by atoms with E-state index in [9.17, 15) is 4.79 Å². The first kappa shape index (κ1) is 15.0. The van der Waals surface area contributed by atoms with Gasteiger partial charge in [0.2, 0.25) is 0 Å². The van der Waals surface area contributed by atoms with Crippen LogP contribution in [0.5, 0.6) is 0 Å². The predicted molar refractivity (Wildman–Crippen MR) is 87.3 cm³/mol. The maximum Gasteiger partial charge on any atom is 0.187 e. The van der Waals surface area contributed by atoms with Gasteiger partial charge in [-0.05, 0) is 24.5 Å². The van der Waals surface area contributed by atoms with E-state index in [1.165, 1.54) is 11.1 Å². The Bertz CT molecular complexity index is 599. The van der Waals surface area contributed by atoms with Crippen LogP contribution in [0, 0.1) is 0 Å². The highest BCUT2D eigenvalue weighted by atomic mass is 16.1. The lowest BCUT2D eigenvalue weighted by Gasteiger charge is -2.11. The fourth-order valence-corrected chi connectivity index (χ4v) is 2.11. The smallest absolute Gasteiger partial charge is 0.187 e. The van der Waals surface area contributed by atoms with Gasteiger partial charge in [0.15, 0.2) is 5.78 Å². The van der Waals surface area contributed by atoms with Gasteiger partial charge >= 0.3 is 0 Å². The lowest BCUT2D eigenvalue weighted by molar-refractivity contribution is 0.104. The lowest BCUT2D eigenvalue weighted by Crippen LogP contribution is -2.12. The summed E-state index contributed by atoms with van der Waals surface area (Å²) in [6.45, 7) is 4.17. The monoisotopic (exact) mass is 279 g/mol. The van der Waals surface area contributed by atoms with Gasteiger partial charge in [0.25, 0.3) is 0 Å². The van der Waals surface area contributed by atoms with Gasteiger partial charge in [-0.2, -0.15) is 0 Å². The summed E-state index contributed by atoms with van der Waals surface area (Å²) in [6, 6.07) is 18.1. The Morgan fingerprint density at radius 3 is 2.38 bits per heavy atom. The highest BCUT2D eigenvalue weighted by Gasteiger charge is 2.03. The Hall–Kier alpha value is -2.35. The third-order valence-corrected chi connectivity index (χ3v) is 3.53. The summed E-state index contributed by atoms with van der Waals surface area (Å²) in [5.74, 6) is 0.0189. The van der Waals surface area contributed by atoms with Crippen molar-refractivity contribution in [2.75, 3.05) is 0 Å². The van der Waals surface area contributed by atoms with Crippen molar-refractivity contribution in [2.24, 2.45) is 0 Å². The molecule has 0 spiro atoms. The average Bonchev–Trinajstić information content (AvgIpc) is 2.55. The zero-order valence-corrected chi connectivity index (χ0v) is 12.5. The number of aryl methyl sites for hydroxylation is 1. The van der Waals surface area contributed by atoms with Crippen LogP contribution in [0.15, 0.2) is 66.9 Å². The first-order valence-electron chi connectivity index (χ1n) is 7.31. The van der Waals surface area contributed by atoms with Crippen LogP contribution in [0.1, 0.15) is 41.4 Å². The second kappa shape index (κ2) is 7.44. The summed E-state index contributed by atoms with van der Waals surface area (Å²) in [5.41, 5.74) is 3.16. The number of hydrogen-bond acceptors (Lipinski definition) is 2. The molecule has 0 bridgehead atoms. The molecule has 108 valence electrons. The van der Waals surface area contributed by atoms with E-state index in [1.54, 1.807) is 12.3 Å². The molecule has 1 atom stereocenters. The maximum absolute atomic E-state index is 12.0. The molecule has 0 amide bonds. The van der Waals surface area contributed by atoms with Gasteiger partial charge in [-0.15, -0.1) is 0 Å². The van der Waals surface area contributed by atoms with Gasteiger partial charge in [-0.3, -0.25) is 4.79 Å². The topological polar surface area (TPSA) is 29.1 Å². The summed E-state index contributed by atoms with van der Waals surface area (Å²) < 4.78 is 0. The van der Waals surface area contributed by atoms with Crippen LogP contribution in [-0.2, 0) is 6.42 Å². The minimum Gasteiger partial charge on any atom is -0.384 e. The van der Waals surface area contributed by atoms with Gasteiger partial charge < -0.3 is 5.32 Å². The van der Waals surface area contributed by atoms with E-state index in [4.69, 9.17) is 0 Å². The second-order valence-corrected chi connectivity index (χ2v) is 5.05. The van der Waals surface area contributed by atoms with E-state index in [1.807, 2.05) is 42.5 Å². The molecule has 0 aliphatic heterocycles. The molecule has 0 unspecified atom stereocenters. The van der Waals surface area contributed by atoms with Crippen molar-refractivity contribution in [2.45, 2.75) is 26.3 Å². The standard InChI is InChI=1S/C19H21NO/c1-3-16-9-11-18(12-10-16)19(21)13-14-20-15(2)17-7-5-4-6-8-17/h4-15,20H,3H2,1-2H3/b14-13+/t15-/m0/s1. The Balaban J connectivity index is 1.92. The van der Waals surface area contributed by atoms with Crippen molar-refractivity contribution in [3.63, 3.8) is 0 Å². The van der Waals surface area contributed by atoms with Gasteiger partial charge in [-0.25, -0.2) is 0 Å². The van der Waals surface area contributed by atoms with Crippen molar-refractivity contribution in [1.29, 1.82) is 0 Å². The molecule has 2 heteroatoms. The molecule has 0 saturated carbocycles. The molecule has 2 aromatic carbocycles. The van der Waals surface area contributed by atoms with Crippen LogP contribution in [0.2, 0.25) is 0 Å². The maximum atomic E-state index is 12.0. The number of benzene rings is 2. The molecule has 2 aromatic rings. The Morgan fingerprint density at radius 1 is 1.10 bits per heavy atom. The van der Waals surface area contributed by atoms with Gasteiger partial charge in [0.05, 0.1) is 0 Å². The minimum atomic E-state index is 0.0189. The molecular weight excluding hydrogens is 258 g/mol. The number of carbonyl (C=O) groups excluding carboxylic acids is 1. The zero-order chi connectivity index (χ0) is 15.1. The molecule has 2 nitrogen and oxygen atoms in total. The van der Waals surface area contributed by atoms with Crippen LogP contribution < -0.4 is 5.32 Å². The molecule has 1 N–H and O–H groups in total. The van der Waals surface area contributed by atoms with E-state index < -0.39 is 0 Å². The summed E-state index contributed by atoms with van der Waals surface area (Å²) in [4.78, 5) is 12.0. The Kier molecular flexibility index (Phi) is 5.33. The quantitative estimate of drug-likeness (QED) is 0.631. The normalized spacial score (nSPS) is 12.3. The summed E-state index contributed by atoms with van der Waals surface area (Å²) in [5, 5.41) is 3.22. The van der Waals surface area contributed by atoms with Crippen LogP contribution in [0.25, 0.3) is 0 Å². The molecule has 0 radical (unpaired) electrons. The first-order chi connectivity index (χ1) is 10.2. The molecule has 2 rings (SSSR count). The number of allylic oxidation sites excluding steroid dienone is 1. The summed E-state index contributed by atoms with van der Waals surface area (Å²) in [6.07, 6.45) is 4.30. The van der Waals surface area contributed by atoms with E-state index in [0.29, 0.717) is 0 Å². The van der Waals surface area contributed by atoms with Crippen molar-refractivity contribution in [1.82, 2.24) is 5.32 Å². The highest BCUT2D eigenvalue weighted by Crippen LogP contribution is 2.11. The average molecular weight is 279 g/mol. The summed E-state index contributed by atoms with van der Waals surface area (Å²) >= 11 is 0. The molecule has 0 fully saturated rings. The van der Waals surface area contributed by atoms with Crippen LogP contribution in [0.4, 0.5) is 0 Å². The second-order valence-electron chi connectivity index (χ2n) is 5.05. The third kappa shape index (κ3) is 4.32. The van der Waals surface area contributed by atoms with Crippen molar-refractivity contribution >= 4 is 5.78 Å². The van der Waals surface area contributed by atoms with Gasteiger partial charge in [0.1, 0.15) is 0 Å². The summed E-state index contributed by atoms with van der Waals surface area (Å²) in [7, 11) is 0. The molecule has 0 aliphatic rings. The first-order valence-corrected chi connectivity index (χ1v) is 7.31. The molecular formula is C19H21NO. The van der Waals surface area contributed by atoms with Crippen molar-refractivity contribution in [3.05, 3.63) is 83.6 Å². The van der Waals surface area contributed by atoms with Crippen LogP contribution >= 0.6 is 0 Å². The van der Waals surface area contributed by atoms with Crippen molar-refractivity contribution < 1.29 is 4.79 Å². The fourth-order valence-electron chi connectivity index (χ4n) is 2.11. The molecule has 0 aromatic heterocycles. The number of nitrogens with one attached hydrogen (secondary N) is 1. The van der Waals surface area contributed by atoms with E-state index >= 15 is 0 Å². The number of rotatable bonds is 6. The number of carbonyl (C=O) groups is 1. The van der Waals surface area contributed by atoms with Crippen LogP contribution in [-0.4, -0.2) is 5.78 Å². The molecule has 21 heavy (non-hydrogen) atoms. The largest absolute Gasteiger partial charge is 0.384 e. The minimum absolute atomic E-state index is 0.0189. The molecule has 0 aliphatic carbocycles. The predicted octanol–water partition coefficient (Wildman–Crippen LogP) is 4.30. The van der Waals surface area contributed by atoms with E-state index in [0.717, 1.165) is 12.0 Å². The fraction of sp³-hybridized carbons (Fsp3) is 0.211. The van der Waals surface area contributed by atoms with E-state index in [2.05, 4.69) is 31.3 Å². The Morgan fingerprint density at radius 2 is 1.76 bits per heavy atom. The molecule has 0 saturated heterocycles. The van der Waals surface area contributed by atoms with Gasteiger partial charge in [0, 0.05) is 23.9 Å². The third-order valence-electron chi connectivity index (χ3n) is 3.53. The number of ketones is 1. The highest BCUT2D eigenvalue weighted by molar-refractivity contribution is 6.04. The zero-order valence-electron chi connectivity index (χ0n) is 12.5. The Labute approximate surface area is 126 Å². The lowest BCUT2D eigenvalue weighted by atomic mass is 10.1. The molecule has 0 heterocycles. The number of hydrogen-bond donors (Lipinski definition) is 1.